The standard InChI is InChI=1S/C9H12O.C8H18/c1-7-4-5-8(2)9(6-7)10-3;1-3-5-7-8-6-4-2/h4-6H,1-3H3;3-8H2,1-2H3. The Hall–Kier alpha value is -0.980. The molecule has 1 heteroatoms. The van der Waals surface area contributed by atoms with E-state index >= 15 is 0 Å². The molecule has 0 aromatic heterocycles. The minimum Gasteiger partial charge on any atom is -0.496 e. The summed E-state index contributed by atoms with van der Waals surface area (Å²) in [5.41, 5.74) is 2.43. The second-order valence-electron chi connectivity index (χ2n) is 4.89. The van der Waals surface area contributed by atoms with Crippen LogP contribution in [0.15, 0.2) is 18.2 Å². The molecule has 0 aliphatic carbocycles. The van der Waals surface area contributed by atoms with Crippen molar-refractivity contribution in [3.63, 3.8) is 0 Å². The summed E-state index contributed by atoms with van der Waals surface area (Å²) in [6.07, 6.45) is 8.49. The minimum atomic E-state index is 0.972. The van der Waals surface area contributed by atoms with Gasteiger partial charge < -0.3 is 4.74 Å². The van der Waals surface area contributed by atoms with Crippen molar-refractivity contribution in [2.45, 2.75) is 66.2 Å². The van der Waals surface area contributed by atoms with Gasteiger partial charge in [-0.3, -0.25) is 0 Å². The lowest BCUT2D eigenvalue weighted by atomic mass is 10.1. The van der Waals surface area contributed by atoms with E-state index in [1.54, 1.807) is 7.11 Å². The summed E-state index contributed by atoms with van der Waals surface area (Å²) in [5, 5.41) is 0. The second kappa shape index (κ2) is 11.1. The van der Waals surface area contributed by atoms with Crippen LogP contribution >= 0.6 is 0 Å². The van der Waals surface area contributed by atoms with Gasteiger partial charge >= 0.3 is 0 Å². The Labute approximate surface area is 114 Å². The van der Waals surface area contributed by atoms with E-state index in [0.29, 0.717) is 0 Å². The van der Waals surface area contributed by atoms with E-state index in [0.717, 1.165) is 5.75 Å². The normalized spacial score (nSPS) is 9.61. The molecule has 0 aliphatic rings. The molecule has 1 nitrogen and oxygen atoms in total. The average molecular weight is 250 g/mol. The first-order valence-electron chi connectivity index (χ1n) is 7.26. The van der Waals surface area contributed by atoms with E-state index in [1.165, 1.54) is 49.7 Å². The van der Waals surface area contributed by atoms with Crippen LogP contribution in [0.1, 0.15) is 63.5 Å². The van der Waals surface area contributed by atoms with Crippen molar-refractivity contribution in [1.29, 1.82) is 0 Å². The van der Waals surface area contributed by atoms with Gasteiger partial charge in [0.05, 0.1) is 7.11 Å². The zero-order valence-electron chi connectivity index (χ0n) is 12.9. The molecule has 0 N–H and O–H groups in total. The number of unbranched alkanes of at least 4 members (excludes halogenated alkanes) is 5. The van der Waals surface area contributed by atoms with Crippen LogP contribution in [-0.4, -0.2) is 7.11 Å². The lowest BCUT2D eigenvalue weighted by Crippen LogP contribution is -1.86. The van der Waals surface area contributed by atoms with Crippen LogP contribution in [0.2, 0.25) is 0 Å². The molecule has 0 heterocycles. The van der Waals surface area contributed by atoms with Gasteiger partial charge in [0.1, 0.15) is 5.75 Å². The molecule has 0 unspecified atom stereocenters. The zero-order chi connectivity index (χ0) is 13.8. The van der Waals surface area contributed by atoms with Crippen LogP contribution in [0.5, 0.6) is 5.75 Å². The summed E-state index contributed by atoms with van der Waals surface area (Å²) < 4.78 is 5.13. The quantitative estimate of drug-likeness (QED) is 0.590. The number of benzene rings is 1. The number of hydrogen-bond acceptors (Lipinski definition) is 1. The van der Waals surface area contributed by atoms with E-state index in [4.69, 9.17) is 4.74 Å². The summed E-state index contributed by atoms with van der Waals surface area (Å²) >= 11 is 0. The van der Waals surface area contributed by atoms with Crippen molar-refractivity contribution in [1.82, 2.24) is 0 Å². The molecule has 0 saturated carbocycles. The van der Waals surface area contributed by atoms with Gasteiger partial charge in [-0.05, 0) is 31.0 Å². The van der Waals surface area contributed by atoms with Crippen LogP contribution in [0.4, 0.5) is 0 Å². The molecule has 0 atom stereocenters. The molecule has 0 radical (unpaired) electrons. The number of methoxy groups -OCH3 is 1. The highest BCUT2D eigenvalue weighted by Gasteiger charge is 1.95. The number of ether oxygens (including phenoxy) is 1. The van der Waals surface area contributed by atoms with Gasteiger partial charge in [-0.15, -0.1) is 0 Å². The fourth-order valence-electron chi connectivity index (χ4n) is 1.78. The third-order valence-electron chi connectivity index (χ3n) is 3.02. The average Bonchev–Trinajstić information content (AvgIpc) is 2.38. The van der Waals surface area contributed by atoms with Crippen molar-refractivity contribution in [2.75, 3.05) is 7.11 Å². The summed E-state index contributed by atoms with van der Waals surface area (Å²) in [6, 6.07) is 6.18. The van der Waals surface area contributed by atoms with Gasteiger partial charge in [-0.1, -0.05) is 64.5 Å². The van der Waals surface area contributed by atoms with Crippen molar-refractivity contribution >= 4 is 0 Å². The molecule has 104 valence electrons. The van der Waals surface area contributed by atoms with Crippen molar-refractivity contribution in [3.8, 4) is 5.75 Å². The molecule has 0 spiro atoms. The SMILES string of the molecule is CCCCCCCC.COc1cc(C)ccc1C. The first kappa shape index (κ1) is 17.0. The highest BCUT2D eigenvalue weighted by Crippen LogP contribution is 2.17. The molecule has 0 aliphatic heterocycles. The Morgan fingerprint density at radius 1 is 0.889 bits per heavy atom. The van der Waals surface area contributed by atoms with E-state index in [2.05, 4.69) is 32.9 Å². The number of aryl methyl sites for hydroxylation is 2. The predicted octanol–water partition coefficient (Wildman–Crippen LogP) is 5.68. The predicted molar refractivity (Wildman–Crippen MR) is 81.5 cm³/mol. The number of hydrogen-bond donors (Lipinski definition) is 0. The lowest BCUT2D eigenvalue weighted by molar-refractivity contribution is 0.411. The van der Waals surface area contributed by atoms with Crippen molar-refractivity contribution in [2.24, 2.45) is 0 Å². The number of rotatable bonds is 6. The van der Waals surface area contributed by atoms with Crippen LogP contribution in [0.25, 0.3) is 0 Å². The van der Waals surface area contributed by atoms with E-state index in [1.807, 2.05) is 13.0 Å². The molecule has 0 fully saturated rings. The molecular weight excluding hydrogens is 220 g/mol. The maximum absolute atomic E-state index is 5.13. The van der Waals surface area contributed by atoms with Crippen molar-refractivity contribution < 1.29 is 4.74 Å². The smallest absolute Gasteiger partial charge is 0.122 e. The lowest BCUT2D eigenvalue weighted by Gasteiger charge is -2.03. The first-order chi connectivity index (χ1) is 8.65. The van der Waals surface area contributed by atoms with E-state index in [-0.39, 0.29) is 0 Å². The van der Waals surface area contributed by atoms with Crippen LogP contribution in [0.3, 0.4) is 0 Å². The summed E-state index contributed by atoms with van der Waals surface area (Å²) in [4.78, 5) is 0. The molecule has 0 amide bonds. The molecule has 18 heavy (non-hydrogen) atoms. The third-order valence-corrected chi connectivity index (χ3v) is 3.02. The van der Waals surface area contributed by atoms with E-state index in [9.17, 15) is 0 Å². The van der Waals surface area contributed by atoms with Gasteiger partial charge in [0.2, 0.25) is 0 Å². The maximum Gasteiger partial charge on any atom is 0.122 e. The fraction of sp³-hybridized carbons (Fsp3) is 0.647. The van der Waals surface area contributed by atoms with Gasteiger partial charge in [0, 0.05) is 0 Å². The minimum absolute atomic E-state index is 0.972. The van der Waals surface area contributed by atoms with Gasteiger partial charge in [0.25, 0.3) is 0 Å². The summed E-state index contributed by atoms with van der Waals surface area (Å²) in [7, 11) is 1.70. The van der Waals surface area contributed by atoms with Crippen molar-refractivity contribution in [3.05, 3.63) is 29.3 Å². The Morgan fingerprint density at radius 2 is 1.44 bits per heavy atom. The second-order valence-corrected chi connectivity index (χ2v) is 4.89. The van der Waals surface area contributed by atoms with Crippen LogP contribution < -0.4 is 4.74 Å². The molecule has 1 aromatic rings. The summed E-state index contributed by atoms with van der Waals surface area (Å²) in [5.74, 6) is 0.972. The fourth-order valence-corrected chi connectivity index (χ4v) is 1.78. The first-order valence-corrected chi connectivity index (χ1v) is 7.26. The molecule has 1 rings (SSSR count). The van der Waals surface area contributed by atoms with Gasteiger partial charge in [-0.25, -0.2) is 0 Å². The maximum atomic E-state index is 5.13. The Balaban J connectivity index is 0.000000331. The Kier molecular flexibility index (Phi) is 10.5. The molecular formula is C17H30O. The monoisotopic (exact) mass is 250 g/mol. The summed E-state index contributed by atoms with van der Waals surface area (Å²) in [6.45, 7) is 8.61. The van der Waals surface area contributed by atoms with Crippen LogP contribution in [-0.2, 0) is 0 Å². The molecule has 1 aromatic carbocycles. The third kappa shape index (κ3) is 8.16. The van der Waals surface area contributed by atoms with Crippen LogP contribution in [0, 0.1) is 13.8 Å². The Morgan fingerprint density at radius 3 is 1.83 bits per heavy atom. The molecule has 0 bridgehead atoms. The molecule has 0 saturated heterocycles. The zero-order valence-corrected chi connectivity index (χ0v) is 12.9. The van der Waals surface area contributed by atoms with Gasteiger partial charge in [-0.2, -0.15) is 0 Å². The highest BCUT2D eigenvalue weighted by molar-refractivity contribution is 5.35. The highest BCUT2D eigenvalue weighted by atomic mass is 16.5. The topological polar surface area (TPSA) is 9.23 Å². The van der Waals surface area contributed by atoms with E-state index < -0.39 is 0 Å². The van der Waals surface area contributed by atoms with Gasteiger partial charge in [0.15, 0.2) is 0 Å². The largest absolute Gasteiger partial charge is 0.496 e. The Bertz CT molecular complexity index is 298.